The second kappa shape index (κ2) is 4.93. The summed E-state index contributed by atoms with van der Waals surface area (Å²) in [5.41, 5.74) is 3.71. The van der Waals surface area contributed by atoms with Gasteiger partial charge in [0.15, 0.2) is 10.6 Å². The van der Waals surface area contributed by atoms with Crippen molar-refractivity contribution in [3.8, 4) is 11.5 Å². The van der Waals surface area contributed by atoms with Crippen molar-refractivity contribution in [2.24, 2.45) is 0 Å². The third-order valence-electron chi connectivity index (χ3n) is 4.02. The molecule has 2 aromatic heterocycles. The highest BCUT2D eigenvalue weighted by Gasteiger charge is 2.27. The van der Waals surface area contributed by atoms with E-state index in [2.05, 4.69) is 44.0 Å². The van der Waals surface area contributed by atoms with E-state index in [1.54, 1.807) is 6.20 Å². The maximum Gasteiger partial charge on any atom is 0.195 e. The number of hydrogen-bond donors (Lipinski definition) is 1. The van der Waals surface area contributed by atoms with Crippen molar-refractivity contribution in [1.82, 2.24) is 19.7 Å². The normalized spacial score (nSPS) is 16.3. The van der Waals surface area contributed by atoms with Crippen LogP contribution in [0.4, 0.5) is 0 Å². The minimum atomic E-state index is 0.507. The van der Waals surface area contributed by atoms with Crippen molar-refractivity contribution in [1.29, 1.82) is 0 Å². The molecule has 0 aliphatic heterocycles. The fourth-order valence-corrected chi connectivity index (χ4v) is 3.13. The van der Waals surface area contributed by atoms with Gasteiger partial charge in [-0.1, -0.05) is 30.3 Å². The minimum absolute atomic E-state index is 0.507. The van der Waals surface area contributed by atoms with Crippen molar-refractivity contribution in [2.75, 3.05) is 0 Å². The predicted octanol–water partition coefficient (Wildman–Crippen LogP) is 3.34. The Balaban J connectivity index is 1.68. The molecule has 1 aliphatic rings. The van der Waals surface area contributed by atoms with Gasteiger partial charge in [-0.25, -0.2) is 0 Å². The van der Waals surface area contributed by atoms with Gasteiger partial charge < -0.3 is 0 Å². The van der Waals surface area contributed by atoms with Gasteiger partial charge in [-0.05, 0) is 41.9 Å². The zero-order chi connectivity index (χ0) is 14.2. The standard InChI is InChI=1S/C16H14N4S/c21-16-19-18-15(14-7-3-4-8-17-14)20(16)10-12-9-11-5-1-2-6-13(11)12/h1-8,12H,9-10H2,(H,19,21). The average Bonchev–Trinajstić information content (AvgIpc) is 2.87. The molecule has 3 aromatic rings. The van der Waals surface area contributed by atoms with Gasteiger partial charge in [-0.3, -0.25) is 14.6 Å². The average molecular weight is 294 g/mol. The topological polar surface area (TPSA) is 46.5 Å². The quantitative estimate of drug-likeness (QED) is 0.754. The van der Waals surface area contributed by atoms with Gasteiger partial charge in [0, 0.05) is 18.7 Å². The Kier molecular flexibility index (Phi) is 2.93. The molecule has 1 N–H and O–H groups in total. The van der Waals surface area contributed by atoms with Crippen LogP contribution in [0.15, 0.2) is 48.7 Å². The highest BCUT2D eigenvalue weighted by molar-refractivity contribution is 7.71. The molecule has 104 valence electrons. The fraction of sp³-hybridized carbons (Fsp3) is 0.188. The fourth-order valence-electron chi connectivity index (χ4n) is 2.92. The number of H-pyrrole nitrogens is 1. The Hall–Kier alpha value is -2.27. The number of aromatic nitrogens is 4. The molecule has 0 amide bonds. The molecular formula is C16H14N4S. The lowest BCUT2D eigenvalue weighted by molar-refractivity contribution is 0.507. The summed E-state index contributed by atoms with van der Waals surface area (Å²) in [6, 6.07) is 14.4. The maximum atomic E-state index is 5.38. The second-order valence-electron chi connectivity index (χ2n) is 5.28. The van der Waals surface area contributed by atoms with Gasteiger partial charge in [0.25, 0.3) is 0 Å². The molecule has 4 nitrogen and oxygen atoms in total. The van der Waals surface area contributed by atoms with Crippen molar-refractivity contribution in [2.45, 2.75) is 18.9 Å². The number of pyridine rings is 1. The summed E-state index contributed by atoms with van der Waals surface area (Å²) in [6.45, 7) is 0.845. The van der Waals surface area contributed by atoms with Crippen LogP contribution in [0.2, 0.25) is 0 Å². The lowest BCUT2D eigenvalue weighted by Gasteiger charge is -2.30. The lowest BCUT2D eigenvalue weighted by Crippen LogP contribution is -2.22. The van der Waals surface area contributed by atoms with E-state index in [-0.39, 0.29) is 0 Å². The third kappa shape index (κ3) is 2.10. The number of hydrogen-bond acceptors (Lipinski definition) is 3. The molecule has 0 fully saturated rings. The van der Waals surface area contributed by atoms with Gasteiger partial charge in [-0.15, -0.1) is 0 Å². The number of nitrogens with one attached hydrogen (secondary N) is 1. The monoisotopic (exact) mass is 294 g/mol. The summed E-state index contributed by atoms with van der Waals surface area (Å²) in [6.07, 6.45) is 2.88. The molecule has 0 bridgehead atoms. The Morgan fingerprint density at radius 3 is 2.86 bits per heavy atom. The van der Waals surface area contributed by atoms with Crippen LogP contribution in [0.3, 0.4) is 0 Å². The van der Waals surface area contributed by atoms with E-state index in [0.29, 0.717) is 10.7 Å². The molecule has 4 rings (SSSR count). The van der Waals surface area contributed by atoms with E-state index in [4.69, 9.17) is 12.2 Å². The van der Waals surface area contributed by atoms with Crippen molar-refractivity contribution >= 4 is 12.2 Å². The van der Waals surface area contributed by atoms with Crippen LogP contribution in [0.25, 0.3) is 11.5 Å². The molecule has 1 aliphatic carbocycles. The summed E-state index contributed by atoms with van der Waals surface area (Å²) in [5, 5.41) is 7.23. The Labute approximate surface area is 127 Å². The number of aromatic amines is 1. The highest BCUT2D eigenvalue weighted by Crippen LogP contribution is 2.36. The van der Waals surface area contributed by atoms with Crippen LogP contribution in [-0.4, -0.2) is 19.7 Å². The van der Waals surface area contributed by atoms with Crippen LogP contribution in [0.5, 0.6) is 0 Å². The largest absolute Gasteiger partial charge is 0.298 e. The van der Waals surface area contributed by atoms with Gasteiger partial charge >= 0.3 is 0 Å². The van der Waals surface area contributed by atoms with E-state index in [0.717, 1.165) is 24.5 Å². The maximum absolute atomic E-state index is 5.38. The molecule has 21 heavy (non-hydrogen) atoms. The lowest BCUT2D eigenvalue weighted by atomic mass is 9.77. The van der Waals surface area contributed by atoms with Crippen LogP contribution in [-0.2, 0) is 13.0 Å². The predicted molar refractivity (Wildman–Crippen MR) is 83.5 cm³/mol. The molecule has 0 radical (unpaired) electrons. The zero-order valence-electron chi connectivity index (χ0n) is 11.4. The SMILES string of the molecule is S=c1[nH]nc(-c2ccccn2)n1CC1Cc2ccccc21. The summed E-state index contributed by atoms with van der Waals surface area (Å²) in [4.78, 5) is 4.37. The highest BCUT2D eigenvalue weighted by atomic mass is 32.1. The second-order valence-corrected chi connectivity index (χ2v) is 5.66. The first-order valence-corrected chi connectivity index (χ1v) is 7.38. The number of nitrogens with zero attached hydrogens (tertiary/aromatic N) is 3. The smallest absolute Gasteiger partial charge is 0.195 e. The van der Waals surface area contributed by atoms with Crippen molar-refractivity contribution in [3.05, 3.63) is 64.6 Å². The number of benzene rings is 1. The van der Waals surface area contributed by atoms with Crippen LogP contribution < -0.4 is 0 Å². The summed E-state index contributed by atoms with van der Waals surface area (Å²) in [7, 11) is 0. The third-order valence-corrected chi connectivity index (χ3v) is 4.33. The van der Waals surface area contributed by atoms with E-state index < -0.39 is 0 Å². The van der Waals surface area contributed by atoms with Crippen LogP contribution in [0.1, 0.15) is 17.0 Å². The zero-order valence-corrected chi connectivity index (χ0v) is 12.2. The van der Waals surface area contributed by atoms with Crippen LogP contribution in [0, 0.1) is 4.77 Å². The first kappa shape index (κ1) is 12.5. The van der Waals surface area contributed by atoms with E-state index in [9.17, 15) is 0 Å². The summed E-state index contributed by atoms with van der Waals surface area (Å²) < 4.78 is 2.71. The Morgan fingerprint density at radius 1 is 1.19 bits per heavy atom. The van der Waals surface area contributed by atoms with Crippen LogP contribution >= 0.6 is 12.2 Å². The molecular weight excluding hydrogens is 280 g/mol. The Morgan fingerprint density at radius 2 is 2.05 bits per heavy atom. The van der Waals surface area contributed by atoms with Crippen molar-refractivity contribution in [3.63, 3.8) is 0 Å². The van der Waals surface area contributed by atoms with Crippen molar-refractivity contribution < 1.29 is 0 Å². The molecule has 0 saturated heterocycles. The van der Waals surface area contributed by atoms with Gasteiger partial charge in [0.2, 0.25) is 0 Å². The molecule has 0 saturated carbocycles. The first-order valence-electron chi connectivity index (χ1n) is 6.97. The van der Waals surface area contributed by atoms with E-state index >= 15 is 0 Å². The molecule has 1 aromatic carbocycles. The summed E-state index contributed by atoms with van der Waals surface area (Å²) >= 11 is 5.38. The molecule has 2 heterocycles. The summed E-state index contributed by atoms with van der Waals surface area (Å²) in [5.74, 6) is 1.32. The first-order chi connectivity index (χ1) is 10.3. The number of rotatable bonds is 3. The molecule has 0 spiro atoms. The molecule has 1 unspecified atom stereocenters. The van der Waals surface area contributed by atoms with Gasteiger partial charge in [0.05, 0.1) is 0 Å². The molecule has 1 atom stereocenters. The minimum Gasteiger partial charge on any atom is -0.298 e. The van der Waals surface area contributed by atoms with E-state index in [1.165, 1.54) is 11.1 Å². The van der Waals surface area contributed by atoms with Gasteiger partial charge in [-0.2, -0.15) is 5.10 Å². The van der Waals surface area contributed by atoms with E-state index in [1.807, 2.05) is 18.2 Å². The number of fused-ring (bicyclic) bond motifs is 1. The Bertz CT molecular complexity index is 835. The van der Waals surface area contributed by atoms with Gasteiger partial charge in [0.1, 0.15) is 5.69 Å². The molecule has 5 heteroatoms.